The molecule has 11 heteroatoms. The molecule has 0 spiro atoms. The van der Waals surface area contributed by atoms with Crippen LogP contribution in [-0.2, 0) is 21.0 Å². The van der Waals surface area contributed by atoms with Gasteiger partial charge in [-0.25, -0.2) is 8.42 Å². The number of rotatable bonds is 5. The Balaban J connectivity index is 1.56. The van der Waals surface area contributed by atoms with Gasteiger partial charge in [-0.1, -0.05) is 17.7 Å². The molecule has 0 atom stereocenters. The van der Waals surface area contributed by atoms with Crippen LogP contribution in [0.5, 0.6) is 0 Å². The molecule has 6 nitrogen and oxygen atoms in total. The number of carbonyl (C=O) groups is 1. The first kappa shape index (κ1) is 22.5. The average Bonchev–Trinajstić information content (AvgIpc) is 2.68. The standard InChI is InChI=1S/C19H19ClF3N3O3S/c20-15-2-1-3-16(12-15)24-18(27)13-25-8-10-26(11-9-25)30(28,29)17-6-4-14(5-7-17)19(21,22)23/h1-7,12H,8-11,13H2,(H,24,27). The molecule has 2 aromatic carbocycles. The third kappa shape index (κ3) is 5.51. The lowest BCUT2D eigenvalue weighted by atomic mass is 10.2. The highest BCUT2D eigenvalue weighted by molar-refractivity contribution is 7.89. The second-order valence-corrected chi connectivity index (χ2v) is 9.14. The van der Waals surface area contributed by atoms with Gasteiger partial charge in [-0.15, -0.1) is 0 Å². The van der Waals surface area contributed by atoms with E-state index in [1.165, 1.54) is 4.31 Å². The Kier molecular flexibility index (Phi) is 6.71. The number of nitrogens with one attached hydrogen (secondary N) is 1. The van der Waals surface area contributed by atoms with E-state index in [-0.39, 0.29) is 30.4 Å². The molecule has 1 aliphatic heterocycles. The molecule has 0 radical (unpaired) electrons. The molecular weight excluding hydrogens is 443 g/mol. The molecule has 1 N–H and O–H groups in total. The summed E-state index contributed by atoms with van der Waals surface area (Å²) in [7, 11) is -3.91. The summed E-state index contributed by atoms with van der Waals surface area (Å²) < 4.78 is 64.6. The van der Waals surface area contributed by atoms with Crippen molar-refractivity contribution >= 4 is 33.2 Å². The van der Waals surface area contributed by atoms with Crippen LogP contribution in [0.4, 0.5) is 18.9 Å². The SMILES string of the molecule is O=C(CN1CCN(S(=O)(=O)c2ccc(C(F)(F)F)cc2)CC1)Nc1cccc(Cl)c1. The number of anilines is 1. The van der Waals surface area contributed by atoms with E-state index in [2.05, 4.69) is 5.32 Å². The Hall–Kier alpha value is -2.14. The fourth-order valence-corrected chi connectivity index (χ4v) is 4.68. The van der Waals surface area contributed by atoms with Crippen molar-refractivity contribution in [2.75, 3.05) is 38.0 Å². The summed E-state index contributed by atoms with van der Waals surface area (Å²) in [6.45, 7) is 0.994. The largest absolute Gasteiger partial charge is 0.416 e. The molecule has 0 aromatic heterocycles. The summed E-state index contributed by atoms with van der Waals surface area (Å²) in [5, 5.41) is 3.22. The smallest absolute Gasteiger partial charge is 0.325 e. The Morgan fingerprint density at radius 2 is 1.67 bits per heavy atom. The van der Waals surface area contributed by atoms with Gasteiger partial charge in [0.2, 0.25) is 15.9 Å². The lowest BCUT2D eigenvalue weighted by Gasteiger charge is -2.33. The first-order chi connectivity index (χ1) is 14.1. The van der Waals surface area contributed by atoms with Crippen LogP contribution in [-0.4, -0.2) is 56.3 Å². The highest BCUT2D eigenvalue weighted by Gasteiger charge is 2.32. The Morgan fingerprint density at radius 3 is 2.23 bits per heavy atom. The summed E-state index contributed by atoms with van der Waals surface area (Å²) in [4.78, 5) is 13.8. The molecule has 1 heterocycles. The third-order valence-corrected chi connectivity index (χ3v) is 6.77. The second-order valence-electron chi connectivity index (χ2n) is 6.76. The number of hydrogen-bond donors (Lipinski definition) is 1. The number of benzene rings is 2. The minimum atomic E-state index is -4.53. The fourth-order valence-electron chi connectivity index (χ4n) is 3.06. The van der Waals surface area contributed by atoms with Crippen LogP contribution >= 0.6 is 11.6 Å². The summed E-state index contributed by atoms with van der Waals surface area (Å²) in [5.74, 6) is -0.253. The lowest BCUT2D eigenvalue weighted by Crippen LogP contribution is -2.50. The predicted octanol–water partition coefficient (Wildman–Crippen LogP) is 3.30. The van der Waals surface area contributed by atoms with Crippen LogP contribution in [0.3, 0.4) is 0 Å². The van der Waals surface area contributed by atoms with E-state index in [9.17, 15) is 26.4 Å². The number of sulfonamides is 1. The maximum Gasteiger partial charge on any atom is 0.416 e. The van der Waals surface area contributed by atoms with Crippen molar-refractivity contribution in [2.24, 2.45) is 0 Å². The first-order valence-electron chi connectivity index (χ1n) is 9.01. The van der Waals surface area contributed by atoms with E-state index in [0.717, 1.165) is 24.3 Å². The molecule has 162 valence electrons. The summed E-state index contributed by atoms with van der Waals surface area (Å²) in [6.07, 6.45) is -4.53. The van der Waals surface area contributed by atoms with Gasteiger partial charge in [0.05, 0.1) is 17.0 Å². The van der Waals surface area contributed by atoms with Gasteiger partial charge >= 0.3 is 6.18 Å². The molecule has 1 amide bonds. The summed E-state index contributed by atoms with van der Waals surface area (Å²) in [6, 6.07) is 10.2. The number of halogens is 4. The summed E-state index contributed by atoms with van der Waals surface area (Å²) in [5.41, 5.74) is -0.340. The van der Waals surface area contributed by atoms with Crippen LogP contribution in [0.25, 0.3) is 0 Å². The molecule has 1 saturated heterocycles. The number of amides is 1. The van der Waals surface area contributed by atoms with E-state index in [4.69, 9.17) is 11.6 Å². The van der Waals surface area contributed by atoms with Crippen molar-refractivity contribution in [3.63, 3.8) is 0 Å². The Labute approximate surface area is 177 Å². The van der Waals surface area contributed by atoms with Crippen molar-refractivity contribution in [1.82, 2.24) is 9.21 Å². The van der Waals surface area contributed by atoms with E-state index in [1.54, 1.807) is 29.2 Å². The molecule has 2 aromatic rings. The Morgan fingerprint density at radius 1 is 1.03 bits per heavy atom. The van der Waals surface area contributed by atoms with Crippen molar-refractivity contribution in [3.8, 4) is 0 Å². The minimum Gasteiger partial charge on any atom is -0.325 e. The van der Waals surface area contributed by atoms with Crippen LogP contribution in [0, 0.1) is 0 Å². The molecular formula is C19H19ClF3N3O3S. The molecule has 30 heavy (non-hydrogen) atoms. The maximum atomic E-state index is 12.7. The molecule has 0 aliphatic carbocycles. The summed E-state index contributed by atoms with van der Waals surface area (Å²) >= 11 is 5.88. The van der Waals surface area contributed by atoms with Gasteiger partial charge in [0.25, 0.3) is 0 Å². The van der Waals surface area contributed by atoms with Gasteiger partial charge in [-0.2, -0.15) is 17.5 Å². The van der Waals surface area contributed by atoms with E-state index >= 15 is 0 Å². The average molecular weight is 462 g/mol. The minimum absolute atomic E-state index is 0.0840. The van der Waals surface area contributed by atoms with Crippen molar-refractivity contribution in [2.45, 2.75) is 11.1 Å². The number of nitrogens with zero attached hydrogens (tertiary/aromatic N) is 2. The zero-order valence-electron chi connectivity index (χ0n) is 15.7. The number of hydrogen-bond acceptors (Lipinski definition) is 4. The van der Waals surface area contributed by atoms with Gasteiger partial charge < -0.3 is 5.32 Å². The van der Waals surface area contributed by atoms with Crippen molar-refractivity contribution in [1.29, 1.82) is 0 Å². The fraction of sp³-hybridized carbons (Fsp3) is 0.316. The van der Waals surface area contributed by atoms with E-state index in [1.807, 2.05) is 0 Å². The van der Waals surface area contributed by atoms with Gasteiger partial charge in [0.15, 0.2) is 0 Å². The van der Waals surface area contributed by atoms with Crippen molar-refractivity contribution in [3.05, 3.63) is 59.1 Å². The van der Waals surface area contributed by atoms with E-state index < -0.39 is 21.8 Å². The molecule has 0 unspecified atom stereocenters. The maximum absolute atomic E-state index is 12.7. The van der Waals surface area contributed by atoms with Crippen molar-refractivity contribution < 1.29 is 26.4 Å². The van der Waals surface area contributed by atoms with E-state index in [0.29, 0.717) is 23.8 Å². The number of piperazine rings is 1. The zero-order chi connectivity index (χ0) is 21.9. The van der Waals surface area contributed by atoms with Gasteiger partial charge in [0, 0.05) is 36.9 Å². The zero-order valence-corrected chi connectivity index (χ0v) is 17.3. The van der Waals surface area contributed by atoms with Crippen LogP contribution in [0.1, 0.15) is 5.56 Å². The lowest BCUT2D eigenvalue weighted by molar-refractivity contribution is -0.137. The molecule has 0 bridgehead atoms. The number of alkyl halides is 3. The van der Waals surface area contributed by atoms with Crippen LogP contribution in [0.15, 0.2) is 53.4 Å². The quantitative estimate of drug-likeness (QED) is 0.741. The van der Waals surface area contributed by atoms with Crippen LogP contribution < -0.4 is 5.32 Å². The highest BCUT2D eigenvalue weighted by atomic mass is 35.5. The monoisotopic (exact) mass is 461 g/mol. The molecule has 1 aliphatic rings. The third-order valence-electron chi connectivity index (χ3n) is 4.63. The van der Waals surface area contributed by atoms with Gasteiger partial charge in [-0.05, 0) is 42.5 Å². The predicted molar refractivity (Wildman–Crippen MR) is 107 cm³/mol. The van der Waals surface area contributed by atoms with Gasteiger partial charge in [-0.3, -0.25) is 9.69 Å². The van der Waals surface area contributed by atoms with Gasteiger partial charge in [0.1, 0.15) is 0 Å². The second kappa shape index (κ2) is 8.93. The molecule has 0 saturated carbocycles. The highest BCUT2D eigenvalue weighted by Crippen LogP contribution is 2.30. The molecule has 1 fully saturated rings. The molecule has 3 rings (SSSR count). The Bertz CT molecular complexity index is 1010. The topological polar surface area (TPSA) is 69.7 Å². The number of carbonyl (C=O) groups excluding carboxylic acids is 1. The van der Waals surface area contributed by atoms with Crippen LogP contribution in [0.2, 0.25) is 5.02 Å². The first-order valence-corrected chi connectivity index (χ1v) is 10.8. The normalized spacial score (nSPS) is 16.4.